The number of phosphoric acid groups is 2. The second-order valence-corrected chi connectivity index (χ2v) is 18.5. The van der Waals surface area contributed by atoms with Gasteiger partial charge in [0.2, 0.25) is 0 Å². The molecular formula is C37H38N5O12P3. The Balaban J connectivity index is 0.966. The summed E-state index contributed by atoms with van der Waals surface area (Å²) in [6.07, 6.45) is -0.954. The lowest BCUT2D eigenvalue weighted by atomic mass is 10.1. The molecule has 2 aliphatic heterocycles. The molecule has 2 saturated heterocycles. The molecule has 0 amide bonds. The molecule has 4 heterocycles. The van der Waals surface area contributed by atoms with E-state index in [0.717, 1.165) is 16.5 Å². The van der Waals surface area contributed by atoms with Crippen LogP contribution in [0.5, 0.6) is 0 Å². The predicted octanol–water partition coefficient (Wildman–Crippen LogP) is 6.87. The van der Waals surface area contributed by atoms with Crippen LogP contribution in [0.25, 0.3) is 21.9 Å². The number of aryl methyl sites for hydroxylation is 1. The van der Waals surface area contributed by atoms with E-state index >= 15 is 0 Å². The van der Waals surface area contributed by atoms with Gasteiger partial charge in [0.1, 0.15) is 24.6 Å². The summed E-state index contributed by atoms with van der Waals surface area (Å²) in [5.41, 5.74) is 3.32. The second-order valence-electron chi connectivity index (χ2n) is 13.4. The van der Waals surface area contributed by atoms with Crippen molar-refractivity contribution in [3.63, 3.8) is 0 Å². The number of fused-ring (bicyclic) bond motifs is 3. The lowest BCUT2D eigenvalue weighted by Gasteiger charge is -2.22. The lowest BCUT2D eigenvalue weighted by Crippen LogP contribution is -2.31. The Morgan fingerprint density at radius 1 is 0.737 bits per heavy atom. The fourth-order valence-corrected chi connectivity index (χ4v) is 11.1. The normalized spacial score (nSPS) is 23.8. The first kappa shape index (κ1) is 39.6. The van der Waals surface area contributed by atoms with E-state index in [0.29, 0.717) is 47.3 Å². The van der Waals surface area contributed by atoms with E-state index in [1.807, 2.05) is 60.7 Å². The first-order chi connectivity index (χ1) is 27.4. The van der Waals surface area contributed by atoms with Gasteiger partial charge in [-0.1, -0.05) is 103 Å². The van der Waals surface area contributed by atoms with Gasteiger partial charge in [-0.05, 0) is 33.9 Å². The van der Waals surface area contributed by atoms with Crippen LogP contribution in [0.3, 0.4) is 0 Å². The molecule has 6 aromatic rings. The van der Waals surface area contributed by atoms with E-state index in [1.54, 1.807) is 47.0 Å². The number of anilines is 1. The van der Waals surface area contributed by atoms with Crippen LogP contribution in [-0.4, -0.2) is 65.4 Å². The van der Waals surface area contributed by atoms with Gasteiger partial charge in [-0.3, -0.25) is 13.7 Å². The van der Waals surface area contributed by atoms with E-state index in [1.165, 1.54) is 12.7 Å². The summed E-state index contributed by atoms with van der Waals surface area (Å²) >= 11 is 0. The van der Waals surface area contributed by atoms with Crippen LogP contribution in [0.2, 0.25) is 0 Å². The van der Waals surface area contributed by atoms with E-state index < -0.39 is 66.8 Å². The highest BCUT2D eigenvalue weighted by Crippen LogP contribution is 2.68. The van der Waals surface area contributed by atoms with Crippen molar-refractivity contribution in [1.29, 1.82) is 0 Å². The minimum Gasteiger partial charge on any atom is -0.364 e. The topological polar surface area (TPSA) is 223 Å². The van der Waals surface area contributed by atoms with Crippen LogP contribution in [0.1, 0.15) is 29.3 Å². The first-order valence-corrected chi connectivity index (χ1v) is 22.6. The molecule has 298 valence electrons. The Labute approximate surface area is 326 Å². The molecule has 2 aliphatic rings. The highest BCUT2D eigenvalue weighted by molar-refractivity contribution is 7.68. The van der Waals surface area contributed by atoms with Crippen molar-refractivity contribution >= 4 is 51.0 Å². The number of rotatable bonds is 16. The molecule has 8 rings (SSSR count). The maximum absolute atomic E-state index is 13.1. The summed E-state index contributed by atoms with van der Waals surface area (Å²) in [6, 6.07) is 31.5. The molecular weight excluding hydrogens is 799 g/mol. The van der Waals surface area contributed by atoms with E-state index in [9.17, 15) is 28.4 Å². The molecule has 2 aromatic heterocycles. The van der Waals surface area contributed by atoms with Gasteiger partial charge in [-0.15, -0.1) is 0 Å². The number of nitrogens with one attached hydrogen (secondary N) is 1. The summed E-state index contributed by atoms with van der Waals surface area (Å²) in [5, 5.41) is 4.67. The minimum absolute atomic E-state index is 0.350. The average Bonchev–Trinajstić information content (AvgIpc) is 3.90. The van der Waals surface area contributed by atoms with Gasteiger partial charge in [0.25, 0.3) is 0 Å². The zero-order chi connectivity index (χ0) is 39.6. The minimum atomic E-state index is -5.65. The Morgan fingerprint density at radius 2 is 1.44 bits per heavy atom. The number of hydrogen-bond donors (Lipinski definition) is 4. The van der Waals surface area contributed by atoms with Gasteiger partial charge < -0.3 is 34.2 Å². The van der Waals surface area contributed by atoms with Crippen molar-refractivity contribution in [3.8, 4) is 0 Å². The Morgan fingerprint density at radius 3 is 2.23 bits per heavy atom. The lowest BCUT2D eigenvalue weighted by molar-refractivity contribution is -0.151. The molecule has 5 unspecified atom stereocenters. The summed E-state index contributed by atoms with van der Waals surface area (Å²) in [7, 11) is -16.0. The smallest absolute Gasteiger partial charge is 0.364 e. The van der Waals surface area contributed by atoms with Gasteiger partial charge >= 0.3 is 23.2 Å². The Hall–Kier alpha value is -4.18. The largest absolute Gasteiger partial charge is 0.488 e. The van der Waals surface area contributed by atoms with Crippen LogP contribution in [0, 0.1) is 0 Å². The number of hydrogen-bond acceptors (Lipinski definition) is 13. The van der Waals surface area contributed by atoms with Gasteiger partial charge in [0.05, 0.1) is 19.1 Å². The highest BCUT2D eigenvalue weighted by atomic mass is 31.3. The zero-order valence-electron chi connectivity index (χ0n) is 30.0. The molecule has 8 atom stereocenters. The van der Waals surface area contributed by atoms with Crippen molar-refractivity contribution in [2.45, 2.75) is 56.4 Å². The number of benzene rings is 4. The number of phosphoric ester groups is 1. The quantitative estimate of drug-likeness (QED) is 0.0730. The molecule has 20 heteroatoms. The van der Waals surface area contributed by atoms with Crippen LogP contribution in [0.15, 0.2) is 116 Å². The summed E-state index contributed by atoms with van der Waals surface area (Å²) in [5.74, 6) is 0.486. The third-order valence-electron chi connectivity index (χ3n) is 9.44. The van der Waals surface area contributed by atoms with Gasteiger partial charge in [0.15, 0.2) is 29.5 Å². The molecule has 0 aliphatic carbocycles. The maximum atomic E-state index is 13.1. The third-order valence-corrected chi connectivity index (χ3v) is 14.2. The van der Waals surface area contributed by atoms with E-state index in [2.05, 4.69) is 28.9 Å². The standard InChI is InChI=1S/C37H38N5O12P3/c43-55(44,22-28-16-9-15-27-14-7-8-17-29(27)28)53-57(47,48)54-56(45,46)49-21-30-33-34(52-31(51-33)19-18-25-10-3-1-4-11-25)37(50-30)42-24-41-32-35(39-23-40-36(32)42)38-20-26-12-5-2-6-13-26/h1-17,23-24,30-31,33-34,37H,18-22H2,(H,43,44)(H,45,46)(H,47,48)(H,38,39,40)/t30-,31?,33?,34+,37-/m1/s1. The van der Waals surface area contributed by atoms with Crippen molar-refractivity contribution in [3.05, 3.63) is 132 Å². The molecule has 2 fully saturated rings. The monoisotopic (exact) mass is 837 g/mol. The van der Waals surface area contributed by atoms with Crippen molar-refractivity contribution < 1.29 is 55.7 Å². The molecule has 0 saturated carbocycles. The van der Waals surface area contributed by atoms with Crippen LogP contribution >= 0.6 is 23.2 Å². The van der Waals surface area contributed by atoms with Crippen molar-refractivity contribution in [2.75, 3.05) is 11.9 Å². The van der Waals surface area contributed by atoms with Gasteiger partial charge in [-0.25, -0.2) is 28.4 Å². The SMILES string of the molecule is O=P(O)(Cc1cccc2ccccc12)OP(=O)(O)OP(=O)(O)OC[C@H]1O[C@@H](n2cnc3c(NCc4ccccc4)ncnc32)[C@H]2OC(CCc3ccccc3)OC12. The maximum Gasteiger partial charge on any atom is 0.488 e. The zero-order valence-corrected chi connectivity index (χ0v) is 32.7. The molecule has 57 heavy (non-hydrogen) atoms. The van der Waals surface area contributed by atoms with Crippen LogP contribution in [-0.2, 0) is 60.2 Å². The average molecular weight is 838 g/mol. The number of imidazole rings is 1. The fraction of sp³-hybridized carbons (Fsp3) is 0.270. The predicted molar refractivity (Wildman–Crippen MR) is 207 cm³/mol. The molecule has 17 nitrogen and oxygen atoms in total. The van der Waals surface area contributed by atoms with Gasteiger partial charge in [0, 0.05) is 13.0 Å². The van der Waals surface area contributed by atoms with E-state index in [-0.39, 0.29) is 0 Å². The summed E-state index contributed by atoms with van der Waals surface area (Å²) in [4.78, 5) is 44.8. The van der Waals surface area contributed by atoms with Crippen molar-refractivity contribution in [1.82, 2.24) is 19.5 Å². The first-order valence-electron chi connectivity index (χ1n) is 17.9. The van der Waals surface area contributed by atoms with Gasteiger partial charge in [-0.2, -0.15) is 4.31 Å². The third kappa shape index (κ3) is 9.42. The number of nitrogens with zero attached hydrogens (tertiary/aromatic N) is 4. The van der Waals surface area contributed by atoms with Crippen LogP contribution < -0.4 is 5.32 Å². The molecule has 0 spiro atoms. The molecule has 4 aromatic carbocycles. The second kappa shape index (κ2) is 16.6. The highest BCUT2D eigenvalue weighted by Gasteiger charge is 2.54. The summed E-state index contributed by atoms with van der Waals surface area (Å²) in [6.45, 7) is -0.197. The Kier molecular flexibility index (Phi) is 11.5. The fourth-order valence-electron chi connectivity index (χ4n) is 6.94. The Bertz CT molecular complexity index is 2490. The molecule has 0 radical (unpaired) electrons. The van der Waals surface area contributed by atoms with Crippen LogP contribution in [0.4, 0.5) is 5.82 Å². The molecule has 4 N–H and O–H groups in total. The number of ether oxygens (including phenoxy) is 3. The van der Waals surface area contributed by atoms with Crippen molar-refractivity contribution in [2.24, 2.45) is 0 Å². The van der Waals surface area contributed by atoms with E-state index in [4.69, 9.17) is 18.7 Å². The summed E-state index contributed by atoms with van der Waals surface area (Å²) < 4.78 is 73.7. The number of aromatic nitrogens is 4. The molecule has 0 bridgehead atoms.